The summed E-state index contributed by atoms with van der Waals surface area (Å²) < 4.78 is 50.2. The van der Waals surface area contributed by atoms with E-state index in [1.165, 1.54) is 19.4 Å². The molecule has 3 rings (SSSR count). The Bertz CT molecular complexity index is 1230. The van der Waals surface area contributed by atoms with Gasteiger partial charge in [-0.1, -0.05) is 36.4 Å². The number of carbonyl (C=O) groups is 2. The summed E-state index contributed by atoms with van der Waals surface area (Å²) in [7, 11) is 1.47. The smallest absolute Gasteiger partial charge is 0.416 e. The van der Waals surface area contributed by atoms with Crippen LogP contribution in [0.3, 0.4) is 0 Å². The molecule has 0 fully saturated rings. The molecule has 0 bridgehead atoms. The lowest BCUT2D eigenvalue weighted by Crippen LogP contribution is -2.32. The number of hydrazone groups is 1. The third-order valence-electron chi connectivity index (χ3n) is 4.51. The number of alkyl halides is 3. The van der Waals surface area contributed by atoms with Gasteiger partial charge >= 0.3 is 18.0 Å². The number of nitrogens with one attached hydrogen (secondary N) is 2. The number of benzene rings is 3. The summed E-state index contributed by atoms with van der Waals surface area (Å²) in [6.07, 6.45) is -3.31. The van der Waals surface area contributed by atoms with Gasteiger partial charge in [-0.3, -0.25) is 9.59 Å². The minimum Gasteiger partial charge on any atom is -0.493 e. The first-order valence-electron chi connectivity index (χ1n) is 10.0. The molecule has 0 saturated carbocycles. The van der Waals surface area contributed by atoms with E-state index in [9.17, 15) is 22.8 Å². The average molecular weight is 550 g/mol. The van der Waals surface area contributed by atoms with Crippen molar-refractivity contribution in [1.82, 2.24) is 5.43 Å². The highest BCUT2D eigenvalue weighted by atomic mass is 79.9. The Labute approximate surface area is 207 Å². The maximum Gasteiger partial charge on any atom is 0.416 e. The number of hydrogen-bond donors (Lipinski definition) is 2. The summed E-state index contributed by atoms with van der Waals surface area (Å²) in [6, 6.07) is 16.8. The molecule has 0 aliphatic heterocycles. The Hall–Kier alpha value is -3.86. The third kappa shape index (κ3) is 7.31. The Morgan fingerprint density at radius 2 is 1.77 bits per heavy atom. The summed E-state index contributed by atoms with van der Waals surface area (Å²) in [4.78, 5) is 24.0. The molecule has 3 aromatic carbocycles. The van der Waals surface area contributed by atoms with Crippen LogP contribution in [0.15, 0.2) is 76.3 Å². The molecular weight excluding hydrogens is 531 g/mol. The molecule has 0 radical (unpaired) electrons. The topological polar surface area (TPSA) is 89.0 Å². The predicted octanol–water partition coefficient (Wildman–Crippen LogP) is 5.14. The van der Waals surface area contributed by atoms with Gasteiger partial charge < -0.3 is 14.8 Å². The van der Waals surface area contributed by atoms with Crippen molar-refractivity contribution in [3.63, 3.8) is 0 Å². The minimum absolute atomic E-state index is 0.177. The maximum absolute atomic E-state index is 12.8. The van der Waals surface area contributed by atoms with Crippen molar-refractivity contribution >= 4 is 39.6 Å². The van der Waals surface area contributed by atoms with Crippen LogP contribution in [0.5, 0.6) is 11.5 Å². The zero-order chi connectivity index (χ0) is 25.4. The van der Waals surface area contributed by atoms with E-state index in [1.807, 2.05) is 35.8 Å². The van der Waals surface area contributed by atoms with Crippen molar-refractivity contribution in [2.24, 2.45) is 5.10 Å². The monoisotopic (exact) mass is 549 g/mol. The lowest BCUT2D eigenvalue weighted by molar-refractivity contribution is -0.137. The molecule has 2 N–H and O–H groups in total. The van der Waals surface area contributed by atoms with Crippen molar-refractivity contribution in [3.8, 4) is 11.5 Å². The highest BCUT2D eigenvalue weighted by Gasteiger charge is 2.30. The number of nitrogens with zero attached hydrogens (tertiary/aromatic N) is 1. The molecule has 0 atom stereocenters. The van der Waals surface area contributed by atoms with Crippen LogP contribution in [0.25, 0.3) is 0 Å². The molecule has 11 heteroatoms. The Morgan fingerprint density at radius 1 is 1.03 bits per heavy atom. The van der Waals surface area contributed by atoms with Gasteiger partial charge in [0, 0.05) is 5.69 Å². The third-order valence-corrected chi connectivity index (χ3v) is 5.10. The Balaban J connectivity index is 1.61. The molecule has 182 valence electrons. The normalized spacial score (nSPS) is 11.2. The fraction of sp³-hybridized carbons (Fsp3) is 0.125. The lowest BCUT2D eigenvalue weighted by Gasteiger charge is -2.13. The van der Waals surface area contributed by atoms with Gasteiger partial charge in [0.05, 0.1) is 23.4 Å². The van der Waals surface area contributed by atoms with E-state index in [-0.39, 0.29) is 5.69 Å². The fourth-order valence-corrected chi connectivity index (χ4v) is 3.44. The van der Waals surface area contributed by atoms with Crippen LogP contribution in [0.2, 0.25) is 0 Å². The van der Waals surface area contributed by atoms with Crippen LogP contribution < -0.4 is 20.2 Å². The predicted molar refractivity (Wildman–Crippen MR) is 127 cm³/mol. The molecule has 2 amide bonds. The maximum atomic E-state index is 12.8. The Morgan fingerprint density at radius 3 is 2.46 bits per heavy atom. The molecule has 0 spiro atoms. The van der Waals surface area contributed by atoms with E-state index in [2.05, 4.69) is 26.3 Å². The van der Waals surface area contributed by atoms with Gasteiger partial charge in [-0.15, -0.1) is 0 Å². The first-order valence-corrected chi connectivity index (χ1v) is 10.8. The van der Waals surface area contributed by atoms with Gasteiger partial charge in [-0.05, 0) is 57.4 Å². The number of halogens is 4. The zero-order valence-electron chi connectivity index (χ0n) is 18.2. The van der Waals surface area contributed by atoms with Gasteiger partial charge in [0.25, 0.3) is 0 Å². The molecule has 0 aromatic heterocycles. The first kappa shape index (κ1) is 25.8. The van der Waals surface area contributed by atoms with Crippen LogP contribution in [-0.4, -0.2) is 25.1 Å². The SMILES string of the molecule is COc1cc(/C=N/NC(=O)C(=O)Nc2cccc(C(F)(F)F)c2)cc(Br)c1OCc1ccccc1. The standard InChI is InChI=1S/C24H19BrF3N3O4/c1-34-20-11-16(10-19(25)21(20)35-14-15-6-3-2-4-7-15)13-29-31-23(33)22(32)30-18-9-5-8-17(12-18)24(26,27)28/h2-13H,14H2,1H3,(H,30,32)(H,31,33)/b29-13+. The molecule has 35 heavy (non-hydrogen) atoms. The van der Waals surface area contributed by atoms with Crippen molar-refractivity contribution < 1.29 is 32.2 Å². The van der Waals surface area contributed by atoms with E-state index in [4.69, 9.17) is 9.47 Å². The van der Waals surface area contributed by atoms with Gasteiger partial charge in [-0.2, -0.15) is 18.3 Å². The van der Waals surface area contributed by atoms with Crippen molar-refractivity contribution in [2.45, 2.75) is 12.8 Å². The number of amides is 2. The second-order valence-corrected chi connectivity index (χ2v) is 7.89. The van der Waals surface area contributed by atoms with Gasteiger partial charge in [-0.25, -0.2) is 5.43 Å². The highest BCUT2D eigenvalue weighted by Crippen LogP contribution is 2.37. The quantitative estimate of drug-likeness (QED) is 0.242. The molecule has 0 saturated heterocycles. The van der Waals surface area contributed by atoms with Crippen molar-refractivity contribution in [3.05, 3.63) is 87.9 Å². The van der Waals surface area contributed by atoms with Gasteiger partial charge in [0.1, 0.15) is 6.61 Å². The molecule has 7 nitrogen and oxygen atoms in total. The molecular formula is C24H19BrF3N3O4. The van der Waals surface area contributed by atoms with Gasteiger partial charge in [0.2, 0.25) is 0 Å². The number of carbonyl (C=O) groups excluding carboxylic acids is 2. The van der Waals surface area contributed by atoms with E-state index < -0.39 is 23.6 Å². The number of rotatable bonds is 7. The summed E-state index contributed by atoms with van der Waals surface area (Å²) in [5, 5.41) is 5.81. The zero-order valence-corrected chi connectivity index (χ0v) is 19.8. The van der Waals surface area contributed by atoms with Crippen molar-refractivity contribution in [1.29, 1.82) is 0 Å². The van der Waals surface area contributed by atoms with Gasteiger partial charge in [0.15, 0.2) is 11.5 Å². The molecule has 0 aliphatic rings. The van der Waals surface area contributed by atoms with Crippen LogP contribution >= 0.6 is 15.9 Å². The summed E-state index contributed by atoms with van der Waals surface area (Å²) in [5.41, 5.74) is 2.38. The number of anilines is 1. The minimum atomic E-state index is -4.58. The molecule has 0 aliphatic carbocycles. The number of methoxy groups -OCH3 is 1. The number of hydrogen-bond acceptors (Lipinski definition) is 5. The second-order valence-electron chi connectivity index (χ2n) is 7.04. The molecule has 3 aromatic rings. The largest absolute Gasteiger partial charge is 0.493 e. The van der Waals surface area contributed by atoms with Crippen LogP contribution in [0.1, 0.15) is 16.7 Å². The highest BCUT2D eigenvalue weighted by molar-refractivity contribution is 9.10. The summed E-state index contributed by atoms with van der Waals surface area (Å²) >= 11 is 3.42. The van der Waals surface area contributed by atoms with Crippen LogP contribution in [0, 0.1) is 0 Å². The average Bonchev–Trinajstić information content (AvgIpc) is 2.83. The lowest BCUT2D eigenvalue weighted by atomic mass is 10.2. The Kier molecular flexibility index (Phi) is 8.48. The molecule has 0 unspecified atom stereocenters. The second kappa shape index (κ2) is 11.5. The molecule has 0 heterocycles. The fourth-order valence-electron chi connectivity index (χ4n) is 2.86. The first-order chi connectivity index (χ1) is 16.7. The van der Waals surface area contributed by atoms with Crippen molar-refractivity contribution in [2.75, 3.05) is 12.4 Å². The van der Waals surface area contributed by atoms with E-state index >= 15 is 0 Å². The summed E-state index contributed by atoms with van der Waals surface area (Å²) in [5.74, 6) is -1.46. The van der Waals surface area contributed by atoms with E-state index in [0.717, 1.165) is 23.8 Å². The summed E-state index contributed by atoms with van der Waals surface area (Å²) in [6.45, 7) is 0.320. The number of ether oxygens (including phenoxy) is 2. The van der Waals surface area contributed by atoms with E-state index in [1.54, 1.807) is 12.1 Å². The van der Waals surface area contributed by atoms with Crippen LogP contribution in [0.4, 0.5) is 18.9 Å². The van der Waals surface area contributed by atoms with E-state index in [0.29, 0.717) is 28.1 Å². The van der Waals surface area contributed by atoms with Crippen LogP contribution in [-0.2, 0) is 22.4 Å².